The predicted octanol–water partition coefficient (Wildman–Crippen LogP) is 3.59. The highest BCUT2D eigenvalue weighted by Crippen LogP contribution is 2.31. The van der Waals surface area contributed by atoms with Gasteiger partial charge in [-0.3, -0.25) is 4.79 Å². The molecule has 0 atom stereocenters. The Labute approximate surface area is 134 Å². The minimum absolute atomic E-state index is 0.151. The van der Waals surface area contributed by atoms with Gasteiger partial charge in [0.2, 0.25) is 11.5 Å². The van der Waals surface area contributed by atoms with Crippen LogP contribution in [0.1, 0.15) is 5.56 Å². The molecule has 0 aliphatic rings. The van der Waals surface area contributed by atoms with E-state index in [1.54, 1.807) is 12.1 Å². The number of hydrogen-bond acceptors (Lipinski definition) is 4. The van der Waals surface area contributed by atoms with Gasteiger partial charge in [0.05, 0.1) is 11.3 Å². The predicted molar refractivity (Wildman–Crippen MR) is 82.8 cm³/mol. The van der Waals surface area contributed by atoms with E-state index in [1.165, 1.54) is 30.6 Å². The van der Waals surface area contributed by atoms with Gasteiger partial charge in [-0.15, -0.1) is 0 Å². The molecule has 0 spiro atoms. The van der Waals surface area contributed by atoms with Gasteiger partial charge < -0.3 is 10.3 Å². The van der Waals surface area contributed by atoms with Crippen molar-refractivity contribution in [3.8, 4) is 11.3 Å². The molecule has 8 heteroatoms. The van der Waals surface area contributed by atoms with E-state index in [0.29, 0.717) is 11.3 Å². The van der Waals surface area contributed by atoms with Crippen molar-refractivity contribution in [2.75, 3.05) is 5.32 Å². The normalized spacial score (nSPS) is 11.3. The van der Waals surface area contributed by atoms with E-state index >= 15 is 0 Å². The van der Waals surface area contributed by atoms with Gasteiger partial charge in [0.15, 0.2) is 0 Å². The maximum atomic E-state index is 12.7. The molecule has 0 saturated carbocycles. The van der Waals surface area contributed by atoms with Gasteiger partial charge in [0.25, 0.3) is 0 Å². The maximum Gasteiger partial charge on any atom is 0.416 e. The van der Waals surface area contributed by atoms with E-state index in [9.17, 15) is 18.0 Å². The van der Waals surface area contributed by atoms with Crippen molar-refractivity contribution in [1.82, 2.24) is 15.0 Å². The van der Waals surface area contributed by atoms with Crippen LogP contribution in [0, 0.1) is 0 Å². The number of rotatable bonds is 3. The molecule has 1 aromatic carbocycles. The molecule has 0 fully saturated rings. The standard InChI is InChI=1S/C16H11F3N4O/c17-16(18,19)11-2-1-3-12(8-11)22-15-20-7-6-13(23-15)10-4-5-14(24)21-9-10/h1-9H,(H,21,24)(H,20,22,23). The average molecular weight is 332 g/mol. The zero-order chi connectivity index (χ0) is 17.2. The zero-order valence-electron chi connectivity index (χ0n) is 12.1. The third-order valence-electron chi connectivity index (χ3n) is 3.18. The van der Waals surface area contributed by atoms with Crippen molar-refractivity contribution < 1.29 is 13.2 Å². The molecule has 0 aliphatic carbocycles. The first-order valence-electron chi connectivity index (χ1n) is 6.88. The largest absolute Gasteiger partial charge is 0.416 e. The number of H-pyrrole nitrogens is 1. The van der Waals surface area contributed by atoms with Crippen molar-refractivity contribution in [3.63, 3.8) is 0 Å². The van der Waals surface area contributed by atoms with Crippen LogP contribution in [0.15, 0.2) is 59.7 Å². The van der Waals surface area contributed by atoms with Crippen LogP contribution in [0.4, 0.5) is 24.8 Å². The van der Waals surface area contributed by atoms with Gasteiger partial charge in [-0.25, -0.2) is 9.97 Å². The first-order chi connectivity index (χ1) is 11.4. The Morgan fingerprint density at radius 3 is 2.62 bits per heavy atom. The third-order valence-corrected chi connectivity index (χ3v) is 3.18. The Morgan fingerprint density at radius 2 is 1.92 bits per heavy atom. The molecule has 0 saturated heterocycles. The molecule has 0 radical (unpaired) electrons. The molecule has 0 bridgehead atoms. The molecule has 24 heavy (non-hydrogen) atoms. The van der Waals surface area contributed by atoms with Crippen LogP contribution >= 0.6 is 0 Å². The number of hydrogen-bond donors (Lipinski definition) is 2. The third kappa shape index (κ3) is 3.60. The molecule has 122 valence electrons. The number of pyridine rings is 1. The lowest BCUT2D eigenvalue weighted by atomic mass is 10.2. The maximum absolute atomic E-state index is 12.7. The Hall–Kier alpha value is -3.16. The van der Waals surface area contributed by atoms with Crippen molar-refractivity contribution in [1.29, 1.82) is 0 Å². The monoisotopic (exact) mass is 332 g/mol. The molecule has 0 amide bonds. The molecular formula is C16H11F3N4O. The van der Waals surface area contributed by atoms with Crippen LogP contribution in [-0.2, 0) is 6.18 Å². The zero-order valence-corrected chi connectivity index (χ0v) is 12.1. The summed E-state index contributed by atoms with van der Waals surface area (Å²) in [6, 6.07) is 9.35. The molecule has 3 rings (SSSR count). The minimum atomic E-state index is -4.42. The second-order valence-corrected chi connectivity index (χ2v) is 4.91. The van der Waals surface area contributed by atoms with E-state index in [0.717, 1.165) is 12.1 Å². The van der Waals surface area contributed by atoms with E-state index < -0.39 is 11.7 Å². The van der Waals surface area contributed by atoms with Crippen LogP contribution in [-0.4, -0.2) is 15.0 Å². The van der Waals surface area contributed by atoms with Crippen molar-refractivity contribution in [2.24, 2.45) is 0 Å². The number of aromatic amines is 1. The lowest BCUT2D eigenvalue weighted by Crippen LogP contribution is -2.06. The Bertz CT molecular complexity index is 901. The highest BCUT2D eigenvalue weighted by molar-refractivity contribution is 5.61. The number of nitrogens with zero attached hydrogens (tertiary/aromatic N) is 2. The molecule has 2 N–H and O–H groups in total. The van der Waals surface area contributed by atoms with Crippen LogP contribution in [0.2, 0.25) is 0 Å². The number of benzene rings is 1. The lowest BCUT2D eigenvalue weighted by molar-refractivity contribution is -0.137. The number of anilines is 2. The fourth-order valence-electron chi connectivity index (χ4n) is 2.05. The SMILES string of the molecule is O=c1ccc(-c2ccnc(Nc3cccc(C(F)(F)F)c3)n2)c[nH]1. The summed E-state index contributed by atoms with van der Waals surface area (Å²) in [5.41, 5.74) is 0.405. The molecule has 5 nitrogen and oxygen atoms in total. The average Bonchev–Trinajstić information content (AvgIpc) is 2.55. The second-order valence-electron chi connectivity index (χ2n) is 4.91. The first kappa shape index (κ1) is 15.7. The Balaban J connectivity index is 1.88. The van der Waals surface area contributed by atoms with Gasteiger partial charge in [0, 0.05) is 29.7 Å². The van der Waals surface area contributed by atoms with Crippen molar-refractivity contribution in [3.05, 3.63) is 70.8 Å². The Kier molecular flexibility index (Phi) is 4.03. The summed E-state index contributed by atoms with van der Waals surface area (Å²) in [7, 11) is 0. The fraction of sp³-hybridized carbons (Fsp3) is 0.0625. The number of aromatic nitrogens is 3. The summed E-state index contributed by atoms with van der Waals surface area (Å²) in [6.07, 6.45) is -1.45. The van der Waals surface area contributed by atoms with E-state index in [4.69, 9.17) is 0 Å². The van der Waals surface area contributed by atoms with Crippen molar-refractivity contribution >= 4 is 11.6 Å². The molecule has 0 aliphatic heterocycles. The Morgan fingerprint density at radius 1 is 1.08 bits per heavy atom. The number of alkyl halides is 3. The number of nitrogens with one attached hydrogen (secondary N) is 2. The fourth-order valence-corrected chi connectivity index (χ4v) is 2.05. The van der Waals surface area contributed by atoms with E-state index in [1.807, 2.05) is 0 Å². The minimum Gasteiger partial charge on any atom is -0.328 e. The highest BCUT2D eigenvalue weighted by Gasteiger charge is 2.30. The van der Waals surface area contributed by atoms with E-state index in [2.05, 4.69) is 20.3 Å². The number of halogens is 3. The van der Waals surface area contributed by atoms with Crippen LogP contribution in [0.5, 0.6) is 0 Å². The lowest BCUT2D eigenvalue weighted by Gasteiger charge is -2.10. The highest BCUT2D eigenvalue weighted by atomic mass is 19.4. The van der Waals surface area contributed by atoms with Crippen LogP contribution in [0.3, 0.4) is 0 Å². The summed E-state index contributed by atoms with van der Waals surface area (Å²) >= 11 is 0. The smallest absolute Gasteiger partial charge is 0.328 e. The molecular weight excluding hydrogens is 321 g/mol. The van der Waals surface area contributed by atoms with Gasteiger partial charge in [-0.2, -0.15) is 13.2 Å². The van der Waals surface area contributed by atoms with E-state index in [-0.39, 0.29) is 17.2 Å². The molecule has 0 unspecified atom stereocenters. The summed E-state index contributed by atoms with van der Waals surface area (Å²) in [6.45, 7) is 0. The molecule has 3 aromatic rings. The van der Waals surface area contributed by atoms with Crippen LogP contribution in [0.25, 0.3) is 11.3 Å². The quantitative estimate of drug-likeness (QED) is 0.769. The van der Waals surface area contributed by atoms with Gasteiger partial charge in [0.1, 0.15) is 0 Å². The molecule has 2 heterocycles. The first-order valence-corrected chi connectivity index (χ1v) is 6.88. The second kappa shape index (κ2) is 6.15. The summed E-state index contributed by atoms with van der Waals surface area (Å²) in [5, 5.41) is 2.74. The summed E-state index contributed by atoms with van der Waals surface area (Å²) in [5.74, 6) is 0.151. The topological polar surface area (TPSA) is 70.7 Å². The van der Waals surface area contributed by atoms with Gasteiger partial charge in [-0.1, -0.05) is 6.07 Å². The van der Waals surface area contributed by atoms with Crippen LogP contribution < -0.4 is 10.9 Å². The van der Waals surface area contributed by atoms with Gasteiger partial charge >= 0.3 is 6.18 Å². The van der Waals surface area contributed by atoms with Crippen molar-refractivity contribution in [2.45, 2.75) is 6.18 Å². The molecule has 2 aromatic heterocycles. The summed E-state index contributed by atoms with van der Waals surface area (Å²) < 4.78 is 38.2. The summed E-state index contributed by atoms with van der Waals surface area (Å²) in [4.78, 5) is 21.8. The van der Waals surface area contributed by atoms with Gasteiger partial charge in [-0.05, 0) is 30.3 Å².